The molecule has 2 unspecified atom stereocenters. The lowest BCUT2D eigenvalue weighted by atomic mass is 9.95. The maximum Gasteiger partial charge on any atom is 0.346 e. The molecule has 0 saturated heterocycles. The number of aliphatic hydroxyl groups is 1. The number of halogens is 6. The Morgan fingerprint density at radius 1 is 1.16 bits per heavy atom. The first-order chi connectivity index (χ1) is 11.6. The lowest BCUT2D eigenvalue weighted by Crippen LogP contribution is -2.48. The first kappa shape index (κ1) is 16.2. The van der Waals surface area contributed by atoms with Gasteiger partial charge in [0.2, 0.25) is 0 Å². The zero-order valence-corrected chi connectivity index (χ0v) is 12.2. The van der Waals surface area contributed by atoms with Crippen molar-refractivity contribution in [3.63, 3.8) is 0 Å². The molecular weight excluding hydrogens is 352 g/mol. The third-order valence-electron chi connectivity index (χ3n) is 4.57. The van der Waals surface area contributed by atoms with E-state index in [-0.39, 0.29) is 11.5 Å². The first-order valence-electron chi connectivity index (χ1n) is 7.18. The Hall–Kier alpha value is -2.29. The number of benzene rings is 1. The molecular formula is C16H9F6NO2. The van der Waals surface area contributed by atoms with Crippen molar-refractivity contribution in [2.75, 3.05) is 0 Å². The van der Waals surface area contributed by atoms with Crippen LogP contribution in [0.1, 0.15) is 29.3 Å². The van der Waals surface area contributed by atoms with Crippen LogP contribution in [-0.2, 0) is 11.5 Å². The highest BCUT2D eigenvalue weighted by atomic mass is 19.3. The van der Waals surface area contributed by atoms with Crippen LogP contribution in [0.4, 0.5) is 26.3 Å². The molecule has 1 N–H and O–H groups in total. The van der Waals surface area contributed by atoms with Crippen LogP contribution in [0.5, 0.6) is 11.5 Å². The van der Waals surface area contributed by atoms with E-state index < -0.39 is 52.5 Å². The summed E-state index contributed by atoms with van der Waals surface area (Å²) in [6, 6.07) is 2.46. The lowest BCUT2D eigenvalue weighted by Gasteiger charge is -2.30. The van der Waals surface area contributed by atoms with E-state index >= 15 is 0 Å². The van der Waals surface area contributed by atoms with E-state index in [9.17, 15) is 31.4 Å². The zero-order chi connectivity index (χ0) is 18.2. The molecule has 1 aromatic carbocycles. The van der Waals surface area contributed by atoms with Crippen molar-refractivity contribution in [2.45, 2.75) is 30.0 Å². The average molecular weight is 361 g/mol. The number of hydrogen-bond acceptors (Lipinski definition) is 3. The molecule has 0 radical (unpaired) electrons. The summed E-state index contributed by atoms with van der Waals surface area (Å²) >= 11 is 0. The highest BCUT2D eigenvalue weighted by molar-refractivity contribution is 5.60. The van der Waals surface area contributed by atoms with E-state index in [2.05, 4.69) is 4.98 Å². The van der Waals surface area contributed by atoms with Crippen molar-refractivity contribution in [1.82, 2.24) is 4.98 Å². The molecule has 2 atom stereocenters. The highest BCUT2D eigenvalue weighted by Crippen LogP contribution is 2.68. The molecule has 9 heteroatoms. The van der Waals surface area contributed by atoms with E-state index in [4.69, 9.17) is 4.74 Å². The molecule has 25 heavy (non-hydrogen) atoms. The Labute approximate surface area is 136 Å². The summed E-state index contributed by atoms with van der Waals surface area (Å²) in [4.78, 5) is 3.51. The van der Waals surface area contributed by atoms with E-state index in [1.807, 2.05) is 0 Å². The number of aromatic nitrogens is 1. The molecule has 3 nitrogen and oxygen atoms in total. The van der Waals surface area contributed by atoms with Crippen LogP contribution in [0.2, 0.25) is 0 Å². The van der Waals surface area contributed by atoms with Crippen LogP contribution in [0.15, 0.2) is 30.6 Å². The van der Waals surface area contributed by atoms with Crippen LogP contribution in [-0.4, -0.2) is 16.0 Å². The Morgan fingerprint density at radius 3 is 2.56 bits per heavy atom. The zero-order valence-electron chi connectivity index (χ0n) is 12.2. The molecule has 2 aliphatic carbocycles. The van der Waals surface area contributed by atoms with Gasteiger partial charge in [0.05, 0.1) is 12.4 Å². The third-order valence-corrected chi connectivity index (χ3v) is 4.57. The van der Waals surface area contributed by atoms with Crippen molar-refractivity contribution >= 4 is 0 Å². The predicted octanol–water partition coefficient (Wildman–Crippen LogP) is 4.36. The molecule has 0 spiro atoms. The second-order valence-electron chi connectivity index (χ2n) is 6.02. The molecule has 1 aromatic heterocycles. The van der Waals surface area contributed by atoms with Gasteiger partial charge >= 0.3 is 11.8 Å². The van der Waals surface area contributed by atoms with Gasteiger partial charge in [-0.05, 0) is 12.1 Å². The smallest absolute Gasteiger partial charge is 0.346 e. The standard InChI is InChI=1S/C16H9F6NO2/c17-7-3-8(6-23-5-7)25-11-2-1-9-13-12(11)10(18)4-14(13,24)16(21,22)15(9,19)20/h1-3,5-6,10,24H,4H2. The molecule has 0 amide bonds. The molecule has 2 aliphatic rings. The minimum atomic E-state index is -4.86. The maximum atomic E-state index is 14.4. The molecule has 132 valence electrons. The summed E-state index contributed by atoms with van der Waals surface area (Å²) in [5, 5.41) is 10.2. The largest absolute Gasteiger partial charge is 0.455 e. The molecule has 2 aromatic rings. The van der Waals surface area contributed by atoms with Crippen LogP contribution in [0.25, 0.3) is 0 Å². The van der Waals surface area contributed by atoms with Gasteiger partial charge < -0.3 is 9.84 Å². The van der Waals surface area contributed by atoms with Crippen molar-refractivity contribution in [1.29, 1.82) is 0 Å². The summed E-state index contributed by atoms with van der Waals surface area (Å²) in [5.41, 5.74) is -5.92. The van der Waals surface area contributed by atoms with Crippen molar-refractivity contribution < 1.29 is 36.2 Å². The van der Waals surface area contributed by atoms with Gasteiger partial charge in [0, 0.05) is 29.2 Å². The van der Waals surface area contributed by atoms with Gasteiger partial charge in [0.1, 0.15) is 23.5 Å². The van der Waals surface area contributed by atoms with Gasteiger partial charge in [-0.25, -0.2) is 8.78 Å². The Morgan fingerprint density at radius 2 is 1.88 bits per heavy atom. The fourth-order valence-electron chi connectivity index (χ4n) is 3.46. The van der Waals surface area contributed by atoms with Gasteiger partial charge in [0.15, 0.2) is 5.60 Å². The number of nitrogens with zero attached hydrogens (tertiary/aromatic N) is 1. The lowest BCUT2D eigenvalue weighted by molar-refractivity contribution is -0.287. The predicted molar refractivity (Wildman–Crippen MR) is 71.9 cm³/mol. The maximum absolute atomic E-state index is 14.4. The van der Waals surface area contributed by atoms with Gasteiger partial charge in [-0.1, -0.05) is 0 Å². The molecule has 0 saturated carbocycles. The van der Waals surface area contributed by atoms with E-state index in [1.165, 1.54) is 0 Å². The SMILES string of the molecule is OC12CC(F)c3c(Oc4cncc(F)c4)ccc(c31)C(F)(F)C2(F)F. The number of hydrogen-bond donors (Lipinski definition) is 1. The van der Waals surface area contributed by atoms with Crippen LogP contribution >= 0.6 is 0 Å². The fourth-order valence-corrected chi connectivity index (χ4v) is 3.46. The molecule has 0 bridgehead atoms. The van der Waals surface area contributed by atoms with E-state index in [0.717, 1.165) is 24.5 Å². The minimum absolute atomic E-state index is 0.171. The third kappa shape index (κ3) is 1.84. The molecule has 0 aliphatic heterocycles. The quantitative estimate of drug-likeness (QED) is 0.809. The highest BCUT2D eigenvalue weighted by Gasteiger charge is 2.79. The average Bonchev–Trinajstić information content (AvgIpc) is 2.85. The van der Waals surface area contributed by atoms with Crippen molar-refractivity contribution in [2.24, 2.45) is 0 Å². The number of ether oxygens (including phenoxy) is 1. The Bertz CT molecular complexity index is 887. The van der Waals surface area contributed by atoms with Gasteiger partial charge in [-0.2, -0.15) is 17.6 Å². The number of pyridine rings is 1. The summed E-state index contributed by atoms with van der Waals surface area (Å²) in [6.45, 7) is 0. The van der Waals surface area contributed by atoms with Gasteiger partial charge in [-0.3, -0.25) is 4.98 Å². The Balaban J connectivity index is 1.90. The van der Waals surface area contributed by atoms with Gasteiger partial charge in [-0.15, -0.1) is 0 Å². The van der Waals surface area contributed by atoms with Crippen LogP contribution in [0.3, 0.4) is 0 Å². The fraction of sp³-hybridized carbons (Fsp3) is 0.312. The van der Waals surface area contributed by atoms with E-state index in [1.54, 1.807) is 0 Å². The Kier molecular flexibility index (Phi) is 3.02. The van der Waals surface area contributed by atoms with Crippen molar-refractivity contribution in [3.8, 4) is 11.5 Å². The normalized spacial score (nSPS) is 28.0. The first-order valence-corrected chi connectivity index (χ1v) is 7.18. The monoisotopic (exact) mass is 361 g/mol. The van der Waals surface area contributed by atoms with Crippen LogP contribution in [0, 0.1) is 5.82 Å². The molecule has 1 heterocycles. The second-order valence-corrected chi connectivity index (χ2v) is 6.02. The number of rotatable bonds is 2. The second kappa shape index (κ2) is 4.66. The summed E-state index contributed by atoms with van der Waals surface area (Å²) < 4.78 is 89.1. The number of alkyl halides is 5. The van der Waals surface area contributed by atoms with E-state index in [0.29, 0.717) is 6.07 Å². The topological polar surface area (TPSA) is 42.4 Å². The summed E-state index contributed by atoms with van der Waals surface area (Å²) in [5.74, 6) is -10.8. The molecule has 4 rings (SSSR count). The van der Waals surface area contributed by atoms with Gasteiger partial charge in [0.25, 0.3) is 0 Å². The van der Waals surface area contributed by atoms with Crippen molar-refractivity contribution in [3.05, 3.63) is 53.1 Å². The minimum Gasteiger partial charge on any atom is -0.455 e. The summed E-state index contributed by atoms with van der Waals surface area (Å²) in [6.07, 6.45) is -1.40. The van der Waals surface area contributed by atoms with Crippen LogP contribution < -0.4 is 4.74 Å². The molecule has 0 fully saturated rings. The summed E-state index contributed by atoms with van der Waals surface area (Å²) in [7, 11) is 0.